The van der Waals surface area contributed by atoms with Gasteiger partial charge in [-0.1, -0.05) is 50.6 Å². The molecule has 3 saturated carbocycles. The first-order valence-electron chi connectivity index (χ1n) is 22.8. The summed E-state index contributed by atoms with van der Waals surface area (Å²) in [6.07, 6.45) is -3.97. The first-order chi connectivity index (χ1) is 30.5. The molecule has 1 spiro atoms. The molecule has 5 fully saturated rings. The fraction of sp³-hybridized carbons (Fsp3) is 0.729. The van der Waals surface area contributed by atoms with Crippen molar-refractivity contribution in [2.75, 3.05) is 34.0 Å². The van der Waals surface area contributed by atoms with E-state index in [9.17, 15) is 24.3 Å². The smallest absolute Gasteiger partial charge is 0.455 e. The van der Waals surface area contributed by atoms with E-state index in [0.717, 1.165) is 32.1 Å². The number of amides is 1. The van der Waals surface area contributed by atoms with Crippen LogP contribution in [0, 0.1) is 16.7 Å². The van der Waals surface area contributed by atoms with Crippen molar-refractivity contribution in [3.8, 4) is 0 Å². The van der Waals surface area contributed by atoms with Gasteiger partial charge < -0.3 is 57.8 Å². The van der Waals surface area contributed by atoms with Crippen molar-refractivity contribution in [2.45, 2.75) is 172 Å². The zero-order valence-electron chi connectivity index (χ0n) is 39.4. The van der Waals surface area contributed by atoms with E-state index >= 15 is 4.79 Å². The highest BCUT2D eigenvalue weighted by atomic mass is 16.8. The Balaban J connectivity index is 1.24. The van der Waals surface area contributed by atoms with Crippen molar-refractivity contribution in [2.24, 2.45) is 16.7 Å². The molecule has 0 unspecified atom stereocenters. The predicted molar refractivity (Wildman–Crippen MR) is 229 cm³/mol. The van der Waals surface area contributed by atoms with Crippen molar-refractivity contribution in [3.05, 3.63) is 47.0 Å². The Kier molecular flexibility index (Phi) is 13.6. The van der Waals surface area contributed by atoms with Crippen molar-refractivity contribution >= 4 is 30.0 Å². The zero-order chi connectivity index (χ0) is 47.3. The number of carbonyl (C=O) groups is 5. The van der Waals surface area contributed by atoms with Crippen LogP contribution in [0.5, 0.6) is 0 Å². The number of carbonyl (C=O) groups excluding carboxylic acids is 5. The molecule has 1 aromatic carbocycles. The summed E-state index contributed by atoms with van der Waals surface area (Å²) in [7, 11) is 2.91. The lowest BCUT2D eigenvalue weighted by molar-refractivity contribution is -0.329. The van der Waals surface area contributed by atoms with Gasteiger partial charge in [0.15, 0.2) is 17.2 Å². The molecular weight excluding hydrogens is 847 g/mol. The van der Waals surface area contributed by atoms with Crippen LogP contribution in [-0.4, -0.2) is 128 Å². The van der Waals surface area contributed by atoms with E-state index in [4.69, 9.17) is 47.4 Å². The Labute approximate surface area is 380 Å². The van der Waals surface area contributed by atoms with Gasteiger partial charge in [-0.3, -0.25) is 9.59 Å². The molecule has 1 amide bonds. The number of ether oxygens (including phenoxy) is 10. The van der Waals surface area contributed by atoms with E-state index in [2.05, 4.69) is 5.32 Å². The monoisotopic (exact) mass is 913 g/mol. The number of nitrogens with one attached hydrogen (secondary N) is 1. The average molecular weight is 914 g/mol. The number of alkyl carbamates (subject to hydrolysis) is 1. The average Bonchev–Trinajstić information content (AvgIpc) is 3.63. The van der Waals surface area contributed by atoms with Crippen molar-refractivity contribution in [1.29, 1.82) is 0 Å². The summed E-state index contributed by atoms with van der Waals surface area (Å²) in [4.78, 5) is 70.2. The van der Waals surface area contributed by atoms with Gasteiger partial charge >= 0.3 is 24.2 Å². The Morgan fingerprint density at radius 3 is 2.28 bits per heavy atom. The summed E-state index contributed by atoms with van der Waals surface area (Å²) in [5.74, 6) is -3.58. The Bertz CT molecular complexity index is 2010. The Morgan fingerprint density at radius 2 is 1.68 bits per heavy atom. The van der Waals surface area contributed by atoms with E-state index in [1.165, 1.54) is 21.1 Å². The number of esters is 2. The highest BCUT2D eigenvalue weighted by Crippen LogP contribution is 2.64. The summed E-state index contributed by atoms with van der Waals surface area (Å²) in [5, 5.41) is 16.0. The van der Waals surface area contributed by atoms with E-state index in [1.54, 1.807) is 65.0 Å². The number of fused-ring (bicyclic) bond motifs is 5. The van der Waals surface area contributed by atoms with Crippen molar-refractivity contribution in [1.82, 2.24) is 5.32 Å². The molecule has 360 valence electrons. The predicted octanol–water partition coefficient (Wildman–Crippen LogP) is 5.97. The second-order valence-electron chi connectivity index (χ2n) is 20.4. The topological polar surface area (TPSA) is 210 Å². The maximum atomic E-state index is 15.3. The summed E-state index contributed by atoms with van der Waals surface area (Å²) in [6.45, 7) is 13.4. The van der Waals surface area contributed by atoms with E-state index in [0.29, 0.717) is 16.7 Å². The SMILES string of the molecule is CO[C@H]1C(=O)[C@]2(C)[C@@H](OC)C[C@H]3OC[C@@]3(OC(C)=O)[C@H]2C[C@]2(O)C[C@H](OC(=O)[C@H](OC(=O)OC[C@H]3COC4(CCCCC4)O3)[C@@H](NC(=O)OC(C)(C)C)c3ccccc3)C(C)=C1C2(C)C. The number of hydrogen-bond donors (Lipinski definition) is 2. The van der Waals surface area contributed by atoms with Crippen LogP contribution in [0.15, 0.2) is 41.5 Å². The molecule has 4 aliphatic carbocycles. The third-order valence-corrected chi connectivity index (χ3v) is 14.9. The van der Waals surface area contributed by atoms with Crippen molar-refractivity contribution < 1.29 is 76.4 Å². The first kappa shape index (κ1) is 48.8. The van der Waals surface area contributed by atoms with Crippen molar-refractivity contribution in [3.63, 3.8) is 0 Å². The molecule has 17 nitrogen and oxygen atoms in total. The minimum atomic E-state index is -1.88. The fourth-order valence-corrected chi connectivity index (χ4v) is 11.5. The molecular formula is C48H67NO16. The van der Waals surface area contributed by atoms with Crippen LogP contribution in [0.4, 0.5) is 9.59 Å². The van der Waals surface area contributed by atoms with Gasteiger partial charge in [-0.25, -0.2) is 14.4 Å². The van der Waals surface area contributed by atoms with Gasteiger partial charge in [-0.15, -0.1) is 0 Å². The molecule has 1 aromatic rings. The summed E-state index contributed by atoms with van der Waals surface area (Å²) >= 11 is 0. The van der Waals surface area contributed by atoms with E-state index in [-0.39, 0.29) is 44.9 Å². The lowest BCUT2D eigenvalue weighted by atomic mass is 9.46. The fourth-order valence-electron chi connectivity index (χ4n) is 11.5. The first-order valence-corrected chi connectivity index (χ1v) is 22.8. The van der Waals surface area contributed by atoms with Gasteiger partial charge in [0.05, 0.1) is 30.3 Å². The van der Waals surface area contributed by atoms with Crippen LogP contribution in [0.2, 0.25) is 0 Å². The molecule has 0 radical (unpaired) electrons. The summed E-state index contributed by atoms with van der Waals surface area (Å²) in [5.41, 5.74) is -5.28. The summed E-state index contributed by atoms with van der Waals surface area (Å²) < 4.78 is 59.8. The Hall–Kier alpha value is -4.13. The number of aliphatic hydroxyl groups is 1. The second kappa shape index (κ2) is 18.2. The van der Waals surface area contributed by atoms with Crippen LogP contribution < -0.4 is 5.32 Å². The van der Waals surface area contributed by atoms with Crippen LogP contribution in [0.1, 0.15) is 118 Å². The van der Waals surface area contributed by atoms with Gasteiger partial charge in [0.2, 0.25) is 6.10 Å². The molecule has 11 atom stereocenters. The molecule has 2 N–H and O–H groups in total. The second-order valence-corrected chi connectivity index (χ2v) is 20.4. The van der Waals surface area contributed by atoms with Crippen LogP contribution in [0.3, 0.4) is 0 Å². The normalized spacial score (nSPS) is 34.6. The maximum Gasteiger partial charge on any atom is 0.509 e. The standard InChI is InChI=1S/C48H67NO16/c1-27-31(22-46(55)23-32-45(8,39(51)37(57-10)35(27)44(46,6)7)33(56-9)21-34-48(32,26-59-34)63-28(2)50)61-40(52)38(36(29-17-13-11-14-18-29)49-41(53)65-43(3,4)5)62-42(54)58-24-30-25-60-47(64-30)19-15-12-16-20-47/h11,13-14,17-18,30-34,36-38,55H,12,15-16,19-26H2,1-10H3,(H,49,53)/t30-,31-,32-,33-,34+,36-,37+,38+,45-,46+,48+/m0/s1. The van der Waals surface area contributed by atoms with Gasteiger partial charge in [0, 0.05) is 58.2 Å². The lowest BCUT2D eigenvalue weighted by Gasteiger charge is -2.66. The number of rotatable bonds is 11. The quantitative estimate of drug-likeness (QED) is 0.149. The minimum Gasteiger partial charge on any atom is -0.455 e. The third kappa shape index (κ3) is 9.05. The van der Waals surface area contributed by atoms with Crippen LogP contribution in [0.25, 0.3) is 0 Å². The van der Waals surface area contributed by atoms with Gasteiger partial charge in [-0.2, -0.15) is 0 Å². The lowest BCUT2D eigenvalue weighted by Crippen LogP contribution is -2.77. The van der Waals surface area contributed by atoms with Gasteiger partial charge in [0.1, 0.15) is 42.7 Å². The summed E-state index contributed by atoms with van der Waals surface area (Å²) in [6, 6.07) is 7.03. The number of ketones is 1. The number of Topliss-reactive ketones (excluding diaryl/α,β-unsaturated/α-hetero) is 1. The molecule has 7 rings (SSSR count). The molecule has 65 heavy (non-hydrogen) atoms. The van der Waals surface area contributed by atoms with Gasteiger partial charge in [-0.05, 0) is 70.6 Å². The number of methoxy groups -OCH3 is 2. The van der Waals surface area contributed by atoms with E-state index < -0.39 is 106 Å². The van der Waals surface area contributed by atoms with Crippen LogP contribution >= 0.6 is 0 Å². The third-order valence-electron chi connectivity index (χ3n) is 14.9. The molecule has 0 aromatic heterocycles. The zero-order valence-corrected chi connectivity index (χ0v) is 39.4. The maximum absolute atomic E-state index is 15.3. The van der Waals surface area contributed by atoms with Gasteiger partial charge in [0.25, 0.3) is 0 Å². The molecule has 6 aliphatic rings. The molecule has 2 saturated heterocycles. The largest absolute Gasteiger partial charge is 0.509 e. The minimum absolute atomic E-state index is 0.00305. The number of hydrogen-bond acceptors (Lipinski definition) is 16. The highest BCUT2D eigenvalue weighted by molar-refractivity contribution is 5.93. The molecule has 17 heteroatoms. The molecule has 2 aliphatic heterocycles. The molecule has 2 bridgehead atoms. The Morgan fingerprint density at radius 1 is 0.985 bits per heavy atom. The highest BCUT2D eigenvalue weighted by Gasteiger charge is 2.74. The van der Waals surface area contributed by atoms with Crippen LogP contribution in [-0.2, 0) is 61.8 Å². The number of benzene rings is 1. The van der Waals surface area contributed by atoms with E-state index in [1.807, 2.05) is 13.8 Å². The molecule has 2 heterocycles.